The van der Waals surface area contributed by atoms with Crippen LogP contribution in [-0.2, 0) is 0 Å². The molecule has 0 aromatic heterocycles. The molecule has 0 aliphatic heterocycles. The Bertz CT molecular complexity index is 714. The van der Waals surface area contributed by atoms with Gasteiger partial charge in [0.15, 0.2) is 11.6 Å². The quantitative estimate of drug-likeness (QED) is 0.659. The van der Waals surface area contributed by atoms with Gasteiger partial charge >= 0.3 is 0 Å². The van der Waals surface area contributed by atoms with Gasteiger partial charge in [-0.1, -0.05) is 15.9 Å². The highest BCUT2D eigenvalue weighted by molar-refractivity contribution is 9.10. The molecule has 2 aromatic carbocycles. The van der Waals surface area contributed by atoms with Crippen molar-refractivity contribution in [3.63, 3.8) is 0 Å². The van der Waals surface area contributed by atoms with Crippen molar-refractivity contribution in [1.29, 1.82) is 0 Å². The molecule has 0 radical (unpaired) electrons. The lowest BCUT2D eigenvalue weighted by Crippen LogP contribution is -2.09. The summed E-state index contributed by atoms with van der Waals surface area (Å²) in [4.78, 5) is 12.4. The third-order valence-corrected chi connectivity index (χ3v) is 3.91. The Kier molecular flexibility index (Phi) is 3.90. The Morgan fingerprint density at radius 2 is 1.70 bits per heavy atom. The van der Waals surface area contributed by atoms with Crippen LogP contribution >= 0.6 is 15.9 Å². The Balaban J connectivity index is 2.60. The third kappa shape index (κ3) is 2.58. The molecule has 5 heteroatoms. The van der Waals surface area contributed by atoms with Crippen LogP contribution in [0.25, 0.3) is 0 Å². The maximum Gasteiger partial charge on any atom is 0.196 e. The second-order valence-electron chi connectivity index (χ2n) is 4.60. The zero-order valence-corrected chi connectivity index (χ0v) is 12.5. The molecule has 0 bridgehead atoms. The summed E-state index contributed by atoms with van der Waals surface area (Å²) >= 11 is 3.36. The fraction of sp³-hybridized carbons (Fsp3) is 0.133. The Labute approximate surface area is 123 Å². The van der Waals surface area contributed by atoms with E-state index in [1.165, 1.54) is 0 Å². The van der Waals surface area contributed by atoms with Crippen molar-refractivity contribution in [1.82, 2.24) is 0 Å². The summed E-state index contributed by atoms with van der Waals surface area (Å²) in [6, 6.07) is 5.13. The number of benzene rings is 2. The largest absolute Gasteiger partial charge is 0.396 e. The normalized spacial score (nSPS) is 10.7. The molecule has 0 heterocycles. The van der Waals surface area contributed by atoms with Gasteiger partial charge in [0.2, 0.25) is 0 Å². The highest BCUT2D eigenvalue weighted by atomic mass is 79.9. The second-order valence-corrected chi connectivity index (χ2v) is 5.46. The van der Waals surface area contributed by atoms with Gasteiger partial charge in [-0.3, -0.25) is 4.79 Å². The van der Waals surface area contributed by atoms with E-state index in [0.29, 0.717) is 11.1 Å². The number of carbonyl (C=O) groups is 1. The smallest absolute Gasteiger partial charge is 0.196 e. The summed E-state index contributed by atoms with van der Waals surface area (Å²) in [7, 11) is 0. The monoisotopic (exact) mass is 339 g/mol. The molecule has 0 atom stereocenters. The van der Waals surface area contributed by atoms with E-state index in [0.717, 1.165) is 22.2 Å². The number of halogens is 3. The van der Waals surface area contributed by atoms with Gasteiger partial charge in [-0.15, -0.1) is 0 Å². The minimum absolute atomic E-state index is 0.328. The zero-order chi connectivity index (χ0) is 15.0. The average Bonchev–Trinajstić information content (AvgIpc) is 2.37. The van der Waals surface area contributed by atoms with Crippen molar-refractivity contribution in [3.8, 4) is 0 Å². The standard InChI is InChI=1S/C15H12BrF2NO/c1-7-4-12(16)8(2)3-10(7)15(20)11-5-9(17)6-13(19)14(11)18/h3-6H,19H2,1-2H3. The van der Waals surface area contributed by atoms with E-state index >= 15 is 0 Å². The van der Waals surface area contributed by atoms with Gasteiger partial charge in [0.05, 0.1) is 11.3 Å². The van der Waals surface area contributed by atoms with Crippen LogP contribution in [0.1, 0.15) is 27.0 Å². The minimum Gasteiger partial charge on any atom is -0.396 e. The highest BCUT2D eigenvalue weighted by Crippen LogP contribution is 2.25. The van der Waals surface area contributed by atoms with Crippen molar-refractivity contribution in [2.45, 2.75) is 13.8 Å². The first-order chi connectivity index (χ1) is 9.31. The molecular formula is C15H12BrF2NO. The molecule has 0 aliphatic rings. The number of hydrogen-bond donors (Lipinski definition) is 1. The maximum atomic E-state index is 13.9. The van der Waals surface area contributed by atoms with Gasteiger partial charge in [0, 0.05) is 10.0 Å². The molecule has 0 amide bonds. The third-order valence-electron chi connectivity index (χ3n) is 3.06. The summed E-state index contributed by atoms with van der Waals surface area (Å²) in [5.74, 6) is -2.21. The summed E-state index contributed by atoms with van der Waals surface area (Å²) < 4.78 is 28.1. The molecule has 0 aliphatic carbocycles. The molecule has 0 saturated carbocycles. The van der Waals surface area contributed by atoms with Crippen LogP contribution in [0.15, 0.2) is 28.7 Å². The van der Waals surface area contributed by atoms with Crippen molar-refractivity contribution in [2.75, 3.05) is 5.73 Å². The van der Waals surface area contributed by atoms with Gasteiger partial charge in [-0.2, -0.15) is 0 Å². The molecule has 0 spiro atoms. The molecule has 104 valence electrons. The molecule has 0 unspecified atom stereocenters. The topological polar surface area (TPSA) is 43.1 Å². The van der Waals surface area contributed by atoms with Crippen LogP contribution < -0.4 is 5.73 Å². The van der Waals surface area contributed by atoms with E-state index in [2.05, 4.69) is 15.9 Å². The predicted molar refractivity (Wildman–Crippen MR) is 77.8 cm³/mol. The highest BCUT2D eigenvalue weighted by Gasteiger charge is 2.20. The fourth-order valence-electron chi connectivity index (χ4n) is 1.95. The summed E-state index contributed by atoms with van der Waals surface area (Å²) in [5, 5.41) is 0. The number of aryl methyl sites for hydroxylation is 2. The van der Waals surface area contributed by atoms with Crippen LogP contribution in [0.2, 0.25) is 0 Å². The van der Waals surface area contributed by atoms with E-state index in [-0.39, 0.29) is 11.3 Å². The lowest BCUT2D eigenvalue weighted by Gasteiger charge is -2.10. The number of nitrogen functional groups attached to an aromatic ring is 1. The van der Waals surface area contributed by atoms with Crippen molar-refractivity contribution < 1.29 is 13.6 Å². The van der Waals surface area contributed by atoms with Crippen molar-refractivity contribution >= 4 is 27.4 Å². The maximum absolute atomic E-state index is 13.9. The fourth-order valence-corrected chi connectivity index (χ4v) is 2.40. The number of nitrogens with two attached hydrogens (primary N) is 1. The number of rotatable bonds is 2. The van der Waals surface area contributed by atoms with Crippen molar-refractivity contribution in [3.05, 3.63) is 62.6 Å². The number of anilines is 1. The Hall–Kier alpha value is -1.75. The summed E-state index contributed by atoms with van der Waals surface area (Å²) in [5.41, 5.74) is 6.47. The van der Waals surface area contributed by atoms with Gasteiger partial charge in [0.25, 0.3) is 0 Å². The predicted octanol–water partition coefficient (Wildman–Crippen LogP) is 4.16. The number of carbonyl (C=O) groups excluding carboxylic acids is 1. The first-order valence-electron chi connectivity index (χ1n) is 5.87. The van der Waals surface area contributed by atoms with Gasteiger partial charge in [-0.05, 0) is 49.2 Å². The van der Waals surface area contributed by atoms with E-state index in [4.69, 9.17) is 5.73 Å². The van der Waals surface area contributed by atoms with Crippen molar-refractivity contribution in [2.24, 2.45) is 0 Å². The van der Waals surface area contributed by atoms with Crippen LogP contribution in [0, 0.1) is 25.5 Å². The molecule has 2 N–H and O–H groups in total. The van der Waals surface area contributed by atoms with Gasteiger partial charge < -0.3 is 5.73 Å². The summed E-state index contributed by atoms with van der Waals surface area (Å²) in [6.45, 7) is 3.55. The molecule has 20 heavy (non-hydrogen) atoms. The van der Waals surface area contributed by atoms with Crippen LogP contribution in [0.3, 0.4) is 0 Å². The Morgan fingerprint density at radius 3 is 2.35 bits per heavy atom. The van der Waals surface area contributed by atoms with E-state index in [1.807, 2.05) is 6.92 Å². The number of ketones is 1. The summed E-state index contributed by atoms with van der Waals surface area (Å²) in [6.07, 6.45) is 0. The number of hydrogen-bond acceptors (Lipinski definition) is 2. The zero-order valence-electron chi connectivity index (χ0n) is 10.9. The Morgan fingerprint density at radius 1 is 1.05 bits per heavy atom. The lowest BCUT2D eigenvalue weighted by atomic mass is 9.96. The second kappa shape index (κ2) is 5.32. The first kappa shape index (κ1) is 14.7. The minimum atomic E-state index is -0.892. The van der Waals surface area contributed by atoms with E-state index in [1.54, 1.807) is 19.1 Å². The first-order valence-corrected chi connectivity index (χ1v) is 6.66. The van der Waals surface area contributed by atoms with E-state index < -0.39 is 17.4 Å². The molecular weight excluding hydrogens is 328 g/mol. The molecule has 2 rings (SSSR count). The molecule has 2 aromatic rings. The van der Waals surface area contributed by atoms with E-state index in [9.17, 15) is 13.6 Å². The van der Waals surface area contributed by atoms with Crippen LogP contribution in [-0.4, -0.2) is 5.78 Å². The average molecular weight is 340 g/mol. The van der Waals surface area contributed by atoms with Crippen LogP contribution in [0.5, 0.6) is 0 Å². The molecule has 0 saturated heterocycles. The van der Waals surface area contributed by atoms with Gasteiger partial charge in [-0.25, -0.2) is 8.78 Å². The molecule has 2 nitrogen and oxygen atoms in total. The van der Waals surface area contributed by atoms with Crippen LogP contribution in [0.4, 0.5) is 14.5 Å². The SMILES string of the molecule is Cc1cc(C(=O)c2cc(F)cc(N)c2F)c(C)cc1Br. The molecule has 0 fully saturated rings. The van der Waals surface area contributed by atoms with Gasteiger partial charge in [0.1, 0.15) is 5.82 Å². The lowest BCUT2D eigenvalue weighted by molar-refractivity contribution is 0.103.